The fourth-order valence-electron chi connectivity index (χ4n) is 2.52. The van der Waals surface area contributed by atoms with Crippen LogP contribution < -0.4 is 10.9 Å². The highest BCUT2D eigenvalue weighted by atomic mass is 16.5. The number of aromatic nitrogens is 2. The van der Waals surface area contributed by atoms with Crippen molar-refractivity contribution in [1.82, 2.24) is 9.38 Å². The molecule has 0 aliphatic carbocycles. The largest absolute Gasteiger partial charge is 0.465 e. The van der Waals surface area contributed by atoms with E-state index in [0.717, 1.165) is 5.56 Å². The summed E-state index contributed by atoms with van der Waals surface area (Å²) in [5, 5.41) is 2.58. The van der Waals surface area contributed by atoms with E-state index in [-0.39, 0.29) is 23.6 Å². The average Bonchev–Trinajstić information content (AvgIpc) is 2.68. The molecule has 132 valence electrons. The summed E-state index contributed by atoms with van der Waals surface area (Å²) in [6.45, 7) is 0. The highest BCUT2D eigenvalue weighted by Crippen LogP contribution is 2.08. The molecule has 0 saturated carbocycles. The Labute approximate surface area is 149 Å². The third-order valence-electron chi connectivity index (χ3n) is 3.88. The monoisotopic (exact) mass is 351 g/mol. The molecule has 1 aromatic carbocycles. The van der Waals surface area contributed by atoms with E-state index in [1.165, 1.54) is 36.0 Å². The quantitative estimate of drug-likeness (QED) is 0.711. The summed E-state index contributed by atoms with van der Waals surface area (Å²) in [6.07, 6.45) is 3.47. The summed E-state index contributed by atoms with van der Waals surface area (Å²) in [6, 6.07) is 12.7. The molecule has 0 aliphatic heterocycles. The van der Waals surface area contributed by atoms with E-state index in [1.54, 1.807) is 0 Å². The predicted octanol–water partition coefficient (Wildman–Crippen LogP) is 2.05. The standard InChI is InChI=1S/C19H17N3O4/c1-26-19(25)14-8-9-16-20-11-15(18(24)22(16)12-14)21-17(23)10-7-13-5-3-2-4-6-13/h2-6,8-9,11-12H,7,10H2,1H3,(H,21,23). The maximum Gasteiger partial charge on any atom is 0.339 e. The average molecular weight is 351 g/mol. The molecule has 0 spiro atoms. The van der Waals surface area contributed by atoms with Gasteiger partial charge in [0.1, 0.15) is 11.3 Å². The first-order chi connectivity index (χ1) is 12.6. The second-order valence-electron chi connectivity index (χ2n) is 5.65. The second-order valence-corrected chi connectivity index (χ2v) is 5.65. The number of hydrogen-bond acceptors (Lipinski definition) is 5. The van der Waals surface area contributed by atoms with E-state index < -0.39 is 11.5 Å². The molecule has 1 N–H and O–H groups in total. The molecular weight excluding hydrogens is 334 g/mol. The number of carbonyl (C=O) groups excluding carboxylic acids is 2. The van der Waals surface area contributed by atoms with E-state index in [2.05, 4.69) is 15.0 Å². The highest BCUT2D eigenvalue weighted by molar-refractivity contribution is 5.91. The Balaban J connectivity index is 1.79. The van der Waals surface area contributed by atoms with Crippen molar-refractivity contribution in [2.45, 2.75) is 12.8 Å². The van der Waals surface area contributed by atoms with Crippen LogP contribution in [0.4, 0.5) is 5.69 Å². The molecule has 0 atom stereocenters. The van der Waals surface area contributed by atoms with E-state index >= 15 is 0 Å². The van der Waals surface area contributed by atoms with Crippen LogP contribution >= 0.6 is 0 Å². The summed E-state index contributed by atoms with van der Waals surface area (Å²) < 4.78 is 5.86. The van der Waals surface area contributed by atoms with Crippen LogP contribution in [0.15, 0.2) is 59.7 Å². The molecule has 0 unspecified atom stereocenters. The minimum atomic E-state index is -0.559. The Morgan fingerprint density at radius 2 is 1.92 bits per heavy atom. The second kappa shape index (κ2) is 7.60. The van der Waals surface area contributed by atoms with Gasteiger partial charge < -0.3 is 10.1 Å². The van der Waals surface area contributed by atoms with E-state index in [0.29, 0.717) is 12.1 Å². The smallest absolute Gasteiger partial charge is 0.339 e. The maximum atomic E-state index is 12.6. The molecule has 0 saturated heterocycles. The van der Waals surface area contributed by atoms with Gasteiger partial charge >= 0.3 is 5.97 Å². The van der Waals surface area contributed by atoms with Gasteiger partial charge in [-0.1, -0.05) is 30.3 Å². The van der Waals surface area contributed by atoms with Crippen LogP contribution in [0.1, 0.15) is 22.3 Å². The number of anilines is 1. The molecule has 7 heteroatoms. The molecule has 2 heterocycles. The fraction of sp³-hybridized carbons (Fsp3) is 0.158. The summed E-state index contributed by atoms with van der Waals surface area (Å²) in [5.41, 5.74) is 1.22. The number of hydrogen-bond donors (Lipinski definition) is 1. The first-order valence-corrected chi connectivity index (χ1v) is 8.02. The third-order valence-corrected chi connectivity index (χ3v) is 3.88. The lowest BCUT2D eigenvalue weighted by Crippen LogP contribution is -2.24. The first-order valence-electron chi connectivity index (χ1n) is 8.02. The Bertz CT molecular complexity index is 1010. The van der Waals surface area contributed by atoms with Crippen molar-refractivity contribution in [3.8, 4) is 0 Å². The predicted molar refractivity (Wildman–Crippen MR) is 96.2 cm³/mol. The summed E-state index contributed by atoms with van der Waals surface area (Å²) in [4.78, 5) is 40.5. The lowest BCUT2D eigenvalue weighted by atomic mass is 10.1. The number of rotatable bonds is 5. The van der Waals surface area contributed by atoms with Gasteiger partial charge in [-0.3, -0.25) is 14.0 Å². The molecule has 3 aromatic rings. The molecular formula is C19H17N3O4. The van der Waals surface area contributed by atoms with Gasteiger partial charge in [-0.2, -0.15) is 0 Å². The van der Waals surface area contributed by atoms with E-state index in [9.17, 15) is 14.4 Å². The minimum absolute atomic E-state index is 0.0579. The maximum absolute atomic E-state index is 12.6. The van der Waals surface area contributed by atoms with Crippen molar-refractivity contribution < 1.29 is 14.3 Å². The Morgan fingerprint density at radius 3 is 2.65 bits per heavy atom. The number of aryl methyl sites for hydroxylation is 1. The van der Waals surface area contributed by atoms with Crippen LogP contribution in [0.3, 0.4) is 0 Å². The van der Waals surface area contributed by atoms with Crippen molar-refractivity contribution in [3.05, 3.63) is 76.3 Å². The van der Waals surface area contributed by atoms with Crippen molar-refractivity contribution in [2.24, 2.45) is 0 Å². The molecule has 0 fully saturated rings. The van der Waals surface area contributed by atoms with E-state index in [1.807, 2.05) is 30.3 Å². The van der Waals surface area contributed by atoms with E-state index in [4.69, 9.17) is 0 Å². The number of benzene rings is 1. The van der Waals surface area contributed by atoms with Gasteiger partial charge in [-0.15, -0.1) is 0 Å². The zero-order valence-corrected chi connectivity index (χ0v) is 14.1. The van der Waals surface area contributed by atoms with Crippen molar-refractivity contribution in [3.63, 3.8) is 0 Å². The van der Waals surface area contributed by atoms with Crippen LogP contribution in [0.25, 0.3) is 5.65 Å². The topological polar surface area (TPSA) is 89.8 Å². The fourth-order valence-corrected chi connectivity index (χ4v) is 2.52. The van der Waals surface area contributed by atoms with Gasteiger partial charge in [0.2, 0.25) is 5.91 Å². The number of amides is 1. The Kier molecular flexibility index (Phi) is 5.07. The van der Waals surface area contributed by atoms with Gasteiger partial charge in [-0.05, 0) is 24.1 Å². The molecule has 7 nitrogen and oxygen atoms in total. The minimum Gasteiger partial charge on any atom is -0.465 e. The van der Waals surface area contributed by atoms with Crippen LogP contribution in [0.5, 0.6) is 0 Å². The number of nitrogens with zero attached hydrogens (tertiary/aromatic N) is 2. The molecule has 2 aromatic heterocycles. The first kappa shape index (κ1) is 17.3. The molecule has 0 radical (unpaired) electrons. The van der Waals surface area contributed by atoms with Crippen LogP contribution in [-0.2, 0) is 16.0 Å². The lowest BCUT2D eigenvalue weighted by molar-refractivity contribution is -0.116. The SMILES string of the molecule is COC(=O)c1ccc2ncc(NC(=O)CCc3ccccc3)c(=O)n2c1. The zero-order valence-electron chi connectivity index (χ0n) is 14.1. The zero-order chi connectivity index (χ0) is 18.5. The molecule has 1 amide bonds. The number of nitrogens with one attached hydrogen (secondary N) is 1. The van der Waals surface area contributed by atoms with Gasteiger partial charge in [-0.25, -0.2) is 9.78 Å². The van der Waals surface area contributed by atoms with Crippen LogP contribution in [0, 0.1) is 0 Å². The summed E-state index contributed by atoms with van der Waals surface area (Å²) in [5.74, 6) is -0.840. The number of carbonyl (C=O) groups is 2. The van der Waals surface area contributed by atoms with Crippen molar-refractivity contribution in [2.75, 3.05) is 12.4 Å². The number of ether oxygens (including phenoxy) is 1. The number of pyridine rings is 1. The number of methoxy groups -OCH3 is 1. The third kappa shape index (κ3) is 3.77. The summed E-state index contributed by atoms with van der Waals surface area (Å²) >= 11 is 0. The van der Waals surface area contributed by atoms with Crippen molar-refractivity contribution in [1.29, 1.82) is 0 Å². The van der Waals surface area contributed by atoms with Crippen LogP contribution in [-0.4, -0.2) is 28.4 Å². The normalized spacial score (nSPS) is 10.5. The van der Waals surface area contributed by atoms with Crippen LogP contribution in [0.2, 0.25) is 0 Å². The van der Waals surface area contributed by atoms with Gasteiger partial charge in [0.05, 0.1) is 18.9 Å². The van der Waals surface area contributed by atoms with Gasteiger partial charge in [0.15, 0.2) is 0 Å². The molecule has 26 heavy (non-hydrogen) atoms. The number of esters is 1. The summed E-state index contributed by atoms with van der Waals surface area (Å²) in [7, 11) is 1.26. The lowest BCUT2D eigenvalue weighted by Gasteiger charge is -2.07. The Morgan fingerprint density at radius 1 is 1.15 bits per heavy atom. The Hall–Kier alpha value is -3.48. The van der Waals surface area contributed by atoms with Gasteiger partial charge in [0.25, 0.3) is 5.56 Å². The van der Waals surface area contributed by atoms with Gasteiger partial charge in [0, 0.05) is 12.6 Å². The van der Waals surface area contributed by atoms with Crippen molar-refractivity contribution >= 4 is 23.2 Å². The molecule has 0 bridgehead atoms. The molecule has 0 aliphatic rings. The molecule has 3 rings (SSSR count). The highest BCUT2D eigenvalue weighted by Gasteiger charge is 2.12. The number of fused-ring (bicyclic) bond motifs is 1.